The molecule has 0 bridgehead atoms. The highest BCUT2D eigenvalue weighted by Gasteiger charge is 2.28. The van der Waals surface area contributed by atoms with Crippen molar-refractivity contribution in [3.63, 3.8) is 0 Å². The summed E-state index contributed by atoms with van der Waals surface area (Å²) in [6.45, 7) is 2.02. The maximum atomic E-state index is 12.1. The van der Waals surface area contributed by atoms with Crippen LogP contribution in [0.25, 0.3) is 0 Å². The molecular formula is C15H20N2O3. The van der Waals surface area contributed by atoms with Crippen molar-refractivity contribution in [2.24, 2.45) is 0 Å². The van der Waals surface area contributed by atoms with Gasteiger partial charge in [0.15, 0.2) is 0 Å². The predicted molar refractivity (Wildman–Crippen MR) is 75.3 cm³/mol. The molecular weight excluding hydrogens is 256 g/mol. The van der Waals surface area contributed by atoms with Crippen LogP contribution in [0.4, 0.5) is 0 Å². The lowest BCUT2D eigenvalue weighted by atomic mass is 10.0. The van der Waals surface area contributed by atoms with E-state index in [0.29, 0.717) is 12.8 Å². The molecule has 0 aliphatic carbocycles. The van der Waals surface area contributed by atoms with Crippen LogP contribution < -0.4 is 15.4 Å². The van der Waals surface area contributed by atoms with Gasteiger partial charge in [0.25, 0.3) is 0 Å². The van der Waals surface area contributed by atoms with Crippen molar-refractivity contribution in [2.45, 2.75) is 38.3 Å². The number of benzene rings is 1. The van der Waals surface area contributed by atoms with E-state index >= 15 is 0 Å². The molecule has 5 nitrogen and oxygen atoms in total. The van der Waals surface area contributed by atoms with Crippen LogP contribution in [0.3, 0.4) is 0 Å². The number of hydrogen-bond donors (Lipinski definition) is 2. The Morgan fingerprint density at radius 2 is 2.15 bits per heavy atom. The highest BCUT2D eigenvalue weighted by Crippen LogP contribution is 2.20. The SMILES string of the molecule is CCC(NC(=O)C1CCC(=O)N1)c1ccc(OC)cc1. The molecule has 2 rings (SSSR count). The summed E-state index contributed by atoms with van der Waals surface area (Å²) in [5, 5.41) is 5.67. The van der Waals surface area contributed by atoms with E-state index in [2.05, 4.69) is 10.6 Å². The summed E-state index contributed by atoms with van der Waals surface area (Å²) in [6, 6.07) is 7.20. The fourth-order valence-electron chi connectivity index (χ4n) is 2.34. The third-order valence-electron chi connectivity index (χ3n) is 3.55. The van der Waals surface area contributed by atoms with E-state index in [1.54, 1.807) is 7.11 Å². The summed E-state index contributed by atoms with van der Waals surface area (Å²) in [4.78, 5) is 23.3. The zero-order chi connectivity index (χ0) is 14.5. The fraction of sp³-hybridized carbons (Fsp3) is 0.467. The maximum Gasteiger partial charge on any atom is 0.243 e. The first kappa shape index (κ1) is 14.4. The van der Waals surface area contributed by atoms with Gasteiger partial charge in [-0.3, -0.25) is 9.59 Å². The van der Waals surface area contributed by atoms with Gasteiger partial charge in [-0.2, -0.15) is 0 Å². The number of ether oxygens (including phenoxy) is 1. The van der Waals surface area contributed by atoms with Crippen LogP contribution in [-0.4, -0.2) is 25.0 Å². The van der Waals surface area contributed by atoms with E-state index in [0.717, 1.165) is 17.7 Å². The normalized spacial score (nSPS) is 19.3. The second-order valence-electron chi connectivity index (χ2n) is 4.90. The van der Waals surface area contributed by atoms with Crippen LogP contribution >= 0.6 is 0 Å². The molecule has 1 saturated heterocycles. The zero-order valence-electron chi connectivity index (χ0n) is 11.8. The second kappa shape index (κ2) is 6.41. The van der Waals surface area contributed by atoms with Crippen LogP contribution in [0, 0.1) is 0 Å². The van der Waals surface area contributed by atoms with Crippen molar-refractivity contribution in [3.05, 3.63) is 29.8 Å². The number of rotatable bonds is 5. The summed E-state index contributed by atoms with van der Waals surface area (Å²) in [6.07, 6.45) is 1.79. The first-order valence-corrected chi connectivity index (χ1v) is 6.87. The minimum atomic E-state index is -0.394. The van der Waals surface area contributed by atoms with Crippen LogP contribution in [0.5, 0.6) is 5.75 Å². The fourth-order valence-corrected chi connectivity index (χ4v) is 2.34. The number of hydrogen-bond acceptors (Lipinski definition) is 3. The lowest BCUT2D eigenvalue weighted by molar-refractivity contribution is -0.126. The topological polar surface area (TPSA) is 67.4 Å². The molecule has 0 saturated carbocycles. The maximum absolute atomic E-state index is 12.1. The van der Waals surface area contributed by atoms with Crippen molar-refractivity contribution < 1.29 is 14.3 Å². The highest BCUT2D eigenvalue weighted by atomic mass is 16.5. The van der Waals surface area contributed by atoms with Crippen molar-refractivity contribution in [1.29, 1.82) is 0 Å². The molecule has 2 unspecified atom stereocenters. The molecule has 5 heteroatoms. The monoisotopic (exact) mass is 276 g/mol. The Bertz CT molecular complexity index is 484. The van der Waals surface area contributed by atoms with E-state index < -0.39 is 6.04 Å². The van der Waals surface area contributed by atoms with Crippen molar-refractivity contribution in [3.8, 4) is 5.75 Å². The largest absolute Gasteiger partial charge is 0.497 e. The Morgan fingerprint density at radius 3 is 2.65 bits per heavy atom. The number of nitrogens with one attached hydrogen (secondary N) is 2. The van der Waals surface area contributed by atoms with E-state index in [1.807, 2.05) is 31.2 Å². The molecule has 0 spiro atoms. The lowest BCUT2D eigenvalue weighted by Crippen LogP contribution is -2.42. The van der Waals surface area contributed by atoms with Gasteiger partial charge in [0, 0.05) is 6.42 Å². The molecule has 1 heterocycles. The summed E-state index contributed by atoms with van der Waals surface area (Å²) >= 11 is 0. The van der Waals surface area contributed by atoms with Gasteiger partial charge in [-0.05, 0) is 30.5 Å². The summed E-state index contributed by atoms with van der Waals surface area (Å²) in [5.74, 6) is 0.624. The average molecular weight is 276 g/mol. The van der Waals surface area contributed by atoms with Gasteiger partial charge in [-0.15, -0.1) is 0 Å². The minimum Gasteiger partial charge on any atom is -0.497 e. The molecule has 0 radical (unpaired) electrons. The van der Waals surface area contributed by atoms with Gasteiger partial charge in [-0.25, -0.2) is 0 Å². The molecule has 1 fully saturated rings. The Hall–Kier alpha value is -2.04. The van der Waals surface area contributed by atoms with Gasteiger partial charge in [0.2, 0.25) is 11.8 Å². The molecule has 1 aromatic rings. The Morgan fingerprint density at radius 1 is 1.45 bits per heavy atom. The van der Waals surface area contributed by atoms with Gasteiger partial charge in [0.05, 0.1) is 13.2 Å². The molecule has 0 aromatic heterocycles. The van der Waals surface area contributed by atoms with Gasteiger partial charge >= 0.3 is 0 Å². The van der Waals surface area contributed by atoms with Crippen molar-refractivity contribution in [1.82, 2.24) is 10.6 Å². The van der Waals surface area contributed by atoms with Crippen molar-refractivity contribution >= 4 is 11.8 Å². The predicted octanol–water partition coefficient (Wildman–Crippen LogP) is 1.54. The summed E-state index contributed by atoms with van der Waals surface area (Å²) < 4.78 is 5.12. The second-order valence-corrected chi connectivity index (χ2v) is 4.90. The third-order valence-corrected chi connectivity index (χ3v) is 3.55. The number of carbonyl (C=O) groups excluding carboxylic acids is 2. The van der Waals surface area contributed by atoms with E-state index in [-0.39, 0.29) is 17.9 Å². The van der Waals surface area contributed by atoms with E-state index in [9.17, 15) is 9.59 Å². The molecule has 1 aromatic carbocycles. The zero-order valence-corrected chi connectivity index (χ0v) is 11.8. The van der Waals surface area contributed by atoms with Gasteiger partial charge < -0.3 is 15.4 Å². The van der Waals surface area contributed by atoms with Crippen LogP contribution in [0.2, 0.25) is 0 Å². The quantitative estimate of drug-likeness (QED) is 0.857. The highest BCUT2D eigenvalue weighted by molar-refractivity contribution is 5.90. The van der Waals surface area contributed by atoms with Crippen LogP contribution in [0.15, 0.2) is 24.3 Å². The number of carbonyl (C=O) groups is 2. The molecule has 1 aliphatic heterocycles. The molecule has 2 N–H and O–H groups in total. The first-order chi connectivity index (χ1) is 9.63. The summed E-state index contributed by atoms with van der Waals surface area (Å²) in [7, 11) is 1.62. The molecule has 20 heavy (non-hydrogen) atoms. The van der Waals surface area contributed by atoms with Gasteiger partial charge in [-0.1, -0.05) is 19.1 Å². The number of methoxy groups -OCH3 is 1. The standard InChI is InChI=1S/C15H20N2O3/c1-3-12(10-4-6-11(20-2)7-5-10)17-15(19)13-8-9-14(18)16-13/h4-7,12-13H,3,8-9H2,1-2H3,(H,16,18)(H,17,19). The first-order valence-electron chi connectivity index (χ1n) is 6.87. The smallest absolute Gasteiger partial charge is 0.243 e. The molecule has 2 amide bonds. The van der Waals surface area contributed by atoms with Crippen molar-refractivity contribution in [2.75, 3.05) is 7.11 Å². The Balaban J connectivity index is 2.00. The van der Waals surface area contributed by atoms with Gasteiger partial charge in [0.1, 0.15) is 11.8 Å². The molecule has 108 valence electrons. The number of amides is 2. The van der Waals surface area contributed by atoms with Crippen LogP contribution in [-0.2, 0) is 9.59 Å². The lowest BCUT2D eigenvalue weighted by Gasteiger charge is -2.20. The Labute approximate surface area is 118 Å². The van der Waals surface area contributed by atoms with E-state index in [1.165, 1.54) is 0 Å². The molecule has 2 atom stereocenters. The van der Waals surface area contributed by atoms with E-state index in [4.69, 9.17) is 4.74 Å². The molecule has 1 aliphatic rings. The van der Waals surface area contributed by atoms with Crippen LogP contribution in [0.1, 0.15) is 37.8 Å². The average Bonchev–Trinajstić information content (AvgIpc) is 2.91. The third kappa shape index (κ3) is 3.29. The minimum absolute atomic E-state index is 0.0501. The summed E-state index contributed by atoms with van der Waals surface area (Å²) in [5.41, 5.74) is 1.03. The Kier molecular flexibility index (Phi) is 4.61.